The molecule has 2 aromatic rings. The van der Waals surface area contributed by atoms with E-state index in [9.17, 15) is 10.2 Å². The fourth-order valence-corrected chi connectivity index (χ4v) is 4.52. The summed E-state index contributed by atoms with van der Waals surface area (Å²) in [6, 6.07) is 10.7. The Morgan fingerprint density at radius 1 is 1.14 bits per heavy atom. The first-order chi connectivity index (χ1) is 13.6. The van der Waals surface area contributed by atoms with Gasteiger partial charge in [0.1, 0.15) is 5.75 Å². The first-order valence-corrected chi connectivity index (χ1v) is 10.5. The molecule has 0 aromatic heterocycles. The summed E-state index contributed by atoms with van der Waals surface area (Å²) < 4.78 is 12.0. The number of ether oxygens (including phenoxy) is 2. The predicted octanol–water partition coefficient (Wildman–Crippen LogP) is 4.00. The Bertz CT molecular complexity index is 833. The number of aliphatic hydroxyl groups excluding tert-OH is 2. The maximum atomic E-state index is 10.2. The van der Waals surface area contributed by atoms with Crippen LogP contribution in [0.1, 0.15) is 53.7 Å². The summed E-state index contributed by atoms with van der Waals surface area (Å²) >= 11 is 6.75. The second kappa shape index (κ2) is 8.42. The van der Waals surface area contributed by atoms with Crippen molar-refractivity contribution in [2.45, 2.75) is 57.3 Å². The van der Waals surface area contributed by atoms with Crippen molar-refractivity contribution in [3.8, 4) is 5.75 Å². The van der Waals surface area contributed by atoms with Crippen LogP contribution in [-0.4, -0.2) is 35.6 Å². The van der Waals surface area contributed by atoms with Crippen molar-refractivity contribution >= 4 is 11.6 Å². The molecule has 2 N–H and O–H groups in total. The van der Waals surface area contributed by atoms with E-state index < -0.39 is 6.10 Å². The van der Waals surface area contributed by atoms with E-state index >= 15 is 0 Å². The Balaban J connectivity index is 1.69. The Hall–Kier alpha value is -1.59. The normalized spacial score (nSPS) is 24.1. The molecule has 1 saturated heterocycles. The molecule has 0 aliphatic carbocycles. The molecular formula is C23H27ClO4. The molecule has 2 aliphatic heterocycles. The number of aliphatic hydroxyl groups is 2. The van der Waals surface area contributed by atoms with Gasteiger partial charge in [-0.3, -0.25) is 0 Å². The number of rotatable bonds is 5. The van der Waals surface area contributed by atoms with Crippen molar-refractivity contribution < 1.29 is 19.7 Å². The van der Waals surface area contributed by atoms with E-state index in [0.29, 0.717) is 19.4 Å². The van der Waals surface area contributed by atoms with Gasteiger partial charge in [0.25, 0.3) is 0 Å². The standard InChI is InChI=1S/C23H27ClO4/c1-2-14-3-5-15(6-4-14)9-16-10-20(23-19(22(16)24)7-8-27-23)21-12-17(26)11-18(13-25)28-21/h3-6,10,17-18,21,25-26H,2,7-9,11-13H2,1H3. The van der Waals surface area contributed by atoms with Crippen LogP contribution in [-0.2, 0) is 24.0 Å². The molecule has 3 atom stereocenters. The third-order valence-electron chi connectivity index (χ3n) is 5.77. The molecule has 2 aromatic carbocycles. The predicted molar refractivity (Wildman–Crippen MR) is 109 cm³/mol. The summed E-state index contributed by atoms with van der Waals surface area (Å²) in [6.07, 6.45) is 2.35. The van der Waals surface area contributed by atoms with Crippen LogP contribution >= 0.6 is 11.6 Å². The highest BCUT2D eigenvalue weighted by molar-refractivity contribution is 6.32. The van der Waals surface area contributed by atoms with Gasteiger partial charge in [-0.25, -0.2) is 0 Å². The zero-order valence-corrected chi connectivity index (χ0v) is 16.9. The van der Waals surface area contributed by atoms with Crippen LogP contribution < -0.4 is 4.74 Å². The lowest BCUT2D eigenvalue weighted by molar-refractivity contribution is -0.114. The highest BCUT2D eigenvalue weighted by atomic mass is 35.5. The van der Waals surface area contributed by atoms with E-state index in [1.807, 2.05) is 0 Å². The Morgan fingerprint density at radius 2 is 1.89 bits per heavy atom. The average Bonchev–Trinajstić information content (AvgIpc) is 3.20. The van der Waals surface area contributed by atoms with Crippen LogP contribution in [0.3, 0.4) is 0 Å². The topological polar surface area (TPSA) is 58.9 Å². The highest BCUT2D eigenvalue weighted by Gasteiger charge is 2.34. The smallest absolute Gasteiger partial charge is 0.129 e. The van der Waals surface area contributed by atoms with E-state index in [0.717, 1.165) is 46.7 Å². The van der Waals surface area contributed by atoms with Gasteiger partial charge in [0.15, 0.2) is 0 Å². The SMILES string of the molecule is CCc1ccc(Cc2cc(C3CC(O)CC(CO)O3)c3c(c2Cl)CCO3)cc1. The van der Waals surface area contributed by atoms with Crippen molar-refractivity contribution in [3.05, 3.63) is 63.2 Å². The zero-order chi connectivity index (χ0) is 19.7. The van der Waals surface area contributed by atoms with Gasteiger partial charge < -0.3 is 19.7 Å². The van der Waals surface area contributed by atoms with Gasteiger partial charge in [-0.05, 0) is 35.6 Å². The monoisotopic (exact) mass is 402 g/mol. The molecule has 3 unspecified atom stereocenters. The lowest BCUT2D eigenvalue weighted by Gasteiger charge is -2.33. The molecule has 0 spiro atoms. The second-order valence-corrected chi connectivity index (χ2v) is 8.12. The number of hydrogen-bond donors (Lipinski definition) is 2. The van der Waals surface area contributed by atoms with Gasteiger partial charge in [0, 0.05) is 30.4 Å². The van der Waals surface area contributed by atoms with Crippen molar-refractivity contribution in [1.29, 1.82) is 0 Å². The van der Waals surface area contributed by atoms with Crippen LogP contribution in [0.4, 0.5) is 0 Å². The maximum Gasteiger partial charge on any atom is 0.129 e. The molecule has 2 heterocycles. The van der Waals surface area contributed by atoms with Crippen LogP contribution in [0.5, 0.6) is 5.75 Å². The van der Waals surface area contributed by atoms with E-state index in [-0.39, 0.29) is 18.8 Å². The fourth-order valence-electron chi connectivity index (χ4n) is 4.22. The number of hydrogen-bond acceptors (Lipinski definition) is 4. The lowest BCUT2D eigenvalue weighted by Crippen LogP contribution is -2.33. The minimum Gasteiger partial charge on any atom is -0.493 e. The number of benzene rings is 2. The molecule has 4 nitrogen and oxygen atoms in total. The van der Waals surface area contributed by atoms with Crippen LogP contribution in [0.2, 0.25) is 5.02 Å². The maximum absolute atomic E-state index is 10.2. The third-order valence-corrected chi connectivity index (χ3v) is 6.24. The van der Waals surface area contributed by atoms with Crippen LogP contribution in [0.15, 0.2) is 30.3 Å². The van der Waals surface area contributed by atoms with Crippen LogP contribution in [0, 0.1) is 0 Å². The van der Waals surface area contributed by atoms with E-state index in [1.165, 1.54) is 11.1 Å². The van der Waals surface area contributed by atoms with E-state index in [1.54, 1.807) is 0 Å². The van der Waals surface area contributed by atoms with Crippen molar-refractivity contribution in [1.82, 2.24) is 0 Å². The molecule has 0 amide bonds. The summed E-state index contributed by atoms with van der Waals surface area (Å²) in [5.74, 6) is 0.797. The van der Waals surface area contributed by atoms with Gasteiger partial charge in [-0.15, -0.1) is 0 Å². The van der Waals surface area contributed by atoms with Gasteiger partial charge in [0.05, 0.1) is 36.5 Å². The van der Waals surface area contributed by atoms with Crippen LogP contribution in [0.25, 0.3) is 0 Å². The zero-order valence-electron chi connectivity index (χ0n) is 16.2. The van der Waals surface area contributed by atoms with E-state index in [2.05, 4.69) is 37.3 Å². The highest BCUT2D eigenvalue weighted by Crippen LogP contribution is 2.44. The summed E-state index contributed by atoms with van der Waals surface area (Å²) in [6.45, 7) is 2.66. The molecule has 0 radical (unpaired) electrons. The molecule has 5 heteroatoms. The summed E-state index contributed by atoms with van der Waals surface area (Å²) in [5.41, 5.74) is 5.55. The van der Waals surface area contributed by atoms with Crippen molar-refractivity contribution in [2.75, 3.05) is 13.2 Å². The van der Waals surface area contributed by atoms with E-state index in [4.69, 9.17) is 21.1 Å². The molecule has 150 valence electrons. The number of halogens is 1. The fraction of sp³-hybridized carbons (Fsp3) is 0.478. The molecule has 1 fully saturated rings. The third kappa shape index (κ3) is 3.92. The summed E-state index contributed by atoms with van der Waals surface area (Å²) in [4.78, 5) is 0. The Kier molecular flexibility index (Phi) is 5.93. The Labute approximate surface area is 171 Å². The molecular weight excluding hydrogens is 376 g/mol. The van der Waals surface area contributed by atoms with Gasteiger partial charge in [0.2, 0.25) is 0 Å². The number of aryl methyl sites for hydroxylation is 1. The van der Waals surface area contributed by atoms with Crippen molar-refractivity contribution in [3.63, 3.8) is 0 Å². The molecule has 28 heavy (non-hydrogen) atoms. The first-order valence-electron chi connectivity index (χ1n) is 10.1. The summed E-state index contributed by atoms with van der Waals surface area (Å²) in [7, 11) is 0. The van der Waals surface area contributed by atoms with Gasteiger partial charge in [-0.2, -0.15) is 0 Å². The minimum absolute atomic E-state index is 0.0964. The van der Waals surface area contributed by atoms with Gasteiger partial charge in [-0.1, -0.05) is 42.8 Å². The minimum atomic E-state index is -0.492. The summed E-state index contributed by atoms with van der Waals surface area (Å²) in [5, 5.41) is 20.5. The molecule has 0 saturated carbocycles. The molecule has 2 aliphatic rings. The molecule has 0 bridgehead atoms. The first kappa shape index (κ1) is 19.7. The largest absolute Gasteiger partial charge is 0.493 e. The van der Waals surface area contributed by atoms with Crippen molar-refractivity contribution in [2.24, 2.45) is 0 Å². The quantitative estimate of drug-likeness (QED) is 0.793. The Morgan fingerprint density at radius 3 is 2.61 bits per heavy atom. The second-order valence-electron chi connectivity index (χ2n) is 7.75. The average molecular weight is 403 g/mol. The molecule has 4 rings (SSSR count). The van der Waals surface area contributed by atoms with Gasteiger partial charge >= 0.3 is 0 Å². The number of fused-ring (bicyclic) bond motifs is 1. The lowest BCUT2D eigenvalue weighted by atomic mass is 9.91.